The molecule has 4 nitrogen and oxygen atoms in total. The molecule has 0 aliphatic rings. The van der Waals surface area contributed by atoms with E-state index >= 15 is 0 Å². The van der Waals surface area contributed by atoms with Gasteiger partial charge in [0.05, 0.1) is 17.8 Å². The average molecular weight is 355 g/mol. The molecule has 0 aliphatic carbocycles. The van der Waals surface area contributed by atoms with Gasteiger partial charge in [-0.1, -0.05) is 43.7 Å². The van der Waals surface area contributed by atoms with Gasteiger partial charge in [0.1, 0.15) is 5.60 Å². The van der Waals surface area contributed by atoms with E-state index in [1.54, 1.807) is 0 Å². The van der Waals surface area contributed by atoms with E-state index in [2.05, 4.69) is 6.92 Å². The van der Waals surface area contributed by atoms with Crippen LogP contribution in [0.2, 0.25) is 0 Å². The molecule has 0 heterocycles. The summed E-state index contributed by atoms with van der Waals surface area (Å²) in [6, 6.07) is 10.1. The van der Waals surface area contributed by atoms with Crippen molar-refractivity contribution in [3.05, 3.63) is 35.9 Å². The molecule has 25 heavy (non-hydrogen) atoms. The monoisotopic (exact) mass is 354 g/mol. The summed E-state index contributed by atoms with van der Waals surface area (Å²) in [5.41, 5.74) is 0.316. The molecule has 0 fully saturated rings. The van der Waals surface area contributed by atoms with E-state index in [0.29, 0.717) is 6.61 Å². The fraction of sp³-hybridized carbons (Fsp3) is 0.714. The fourth-order valence-electron chi connectivity index (χ4n) is 1.53. The van der Waals surface area contributed by atoms with Gasteiger partial charge < -0.3 is 0 Å². The Morgan fingerprint density at radius 2 is 1.20 bits per heavy atom. The molecule has 146 valence electrons. The molecule has 0 spiro atoms. The maximum atomic E-state index is 5.42. The lowest BCUT2D eigenvalue weighted by molar-refractivity contribution is -0.393. The van der Waals surface area contributed by atoms with Crippen LogP contribution < -0.4 is 0 Å². The summed E-state index contributed by atoms with van der Waals surface area (Å²) >= 11 is 0. The van der Waals surface area contributed by atoms with Crippen LogP contribution in [0, 0.1) is 0 Å². The standard InChI is InChI=1S/C13H20O2.C8H18O2/c1-4-5-11-14-15-13(2,3)12-9-7-6-8-10-12;1-7(2,3)9-10-8(4,5)6/h6-10H,4-5,11H2,1-3H3;1-6H3. The summed E-state index contributed by atoms with van der Waals surface area (Å²) in [6.07, 6.45) is 2.15. The van der Waals surface area contributed by atoms with Gasteiger partial charge in [-0.25, -0.2) is 19.6 Å². The van der Waals surface area contributed by atoms with Gasteiger partial charge in [-0.3, -0.25) is 0 Å². The molecule has 0 aliphatic heterocycles. The van der Waals surface area contributed by atoms with Gasteiger partial charge in [-0.05, 0) is 67.4 Å². The molecule has 0 saturated heterocycles. The lowest BCUT2D eigenvalue weighted by atomic mass is 9.99. The summed E-state index contributed by atoms with van der Waals surface area (Å²) in [5, 5.41) is 0. The van der Waals surface area contributed by atoms with Crippen molar-refractivity contribution in [2.24, 2.45) is 0 Å². The minimum Gasteiger partial charge on any atom is -0.236 e. The van der Waals surface area contributed by atoms with Crippen molar-refractivity contribution in [1.82, 2.24) is 0 Å². The van der Waals surface area contributed by atoms with E-state index in [-0.39, 0.29) is 16.8 Å². The topological polar surface area (TPSA) is 36.9 Å². The van der Waals surface area contributed by atoms with E-state index in [9.17, 15) is 0 Å². The van der Waals surface area contributed by atoms with E-state index in [1.807, 2.05) is 85.7 Å². The molecule has 0 amide bonds. The third-order valence-corrected chi connectivity index (χ3v) is 2.86. The van der Waals surface area contributed by atoms with Crippen LogP contribution in [0.1, 0.15) is 80.7 Å². The number of rotatable bonds is 7. The molecule has 0 atom stereocenters. The molecular formula is C21H38O4. The number of benzene rings is 1. The van der Waals surface area contributed by atoms with Crippen molar-refractivity contribution >= 4 is 0 Å². The van der Waals surface area contributed by atoms with E-state index in [4.69, 9.17) is 19.6 Å². The summed E-state index contributed by atoms with van der Waals surface area (Å²) in [7, 11) is 0. The minimum atomic E-state index is -0.380. The quantitative estimate of drug-likeness (QED) is 0.332. The van der Waals surface area contributed by atoms with Gasteiger partial charge in [0.15, 0.2) is 0 Å². The first-order chi connectivity index (χ1) is 11.4. The highest BCUT2D eigenvalue weighted by Crippen LogP contribution is 2.24. The van der Waals surface area contributed by atoms with Crippen molar-refractivity contribution in [3.8, 4) is 0 Å². The summed E-state index contributed by atoms with van der Waals surface area (Å²) in [4.78, 5) is 20.8. The summed E-state index contributed by atoms with van der Waals surface area (Å²) < 4.78 is 0. The Bertz CT molecular complexity index is 427. The highest BCUT2D eigenvalue weighted by atomic mass is 17.2. The van der Waals surface area contributed by atoms with Crippen molar-refractivity contribution < 1.29 is 19.6 Å². The van der Waals surface area contributed by atoms with Gasteiger partial charge in [0.25, 0.3) is 0 Å². The normalized spacial score (nSPS) is 12.5. The van der Waals surface area contributed by atoms with Crippen LogP contribution in [0.5, 0.6) is 0 Å². The predicted molar refractivity (Wildman–Crippen MR) is 103 cm³/mol. The predicted octanol–water partition coefficient (Wildman–Crippen LogP) is 6.20. The highest BCUT2D eigenvalue weighted by molar-refractivity contribution is 5.20. The van der Waals surface area contributed by atoms with Crippen LogP contribution >= 0.6 is 0 Å². The highest BCUT2D eigenvalue weighted by Gasteiger charge is 2.22. The van der Waals surface area contributed by atoms with Gasteiger partial charge >= 0.3 is 0 Å². The molecule has 0 aromatic heterocycles. The molecule has 0 N–H and O–H groups in total. The smallest absolute Gasteiger partial charge is 0.123 e. The van der Waals surface area contributed by atoms with E-state index in [1.165, 1.54) is 0 Å². The number of unbranched alkanes of at least 4 members (excludes halogenated alkanes) is 1. The third kappa shape index (κ3) is 14.0. The zero-order valence-corrected chi connectivity index (χ0v) is 17.6. The zero-order valence-electron chi connectivity index (χ0n) is 17.6. The molecule has 0 unspecified atom stereocenters. The Balaban J connectivity index is 0.000000504. The molecule has 1 rings (SSSR count). The second-order valence-electron chi connectivity index (χ2n) is 8.53. The molecule has 4 heteroatoms. The number of hydrogen-bond acceptors (Lipinski definition) is 4. The third-order valence-electron chi connectivity index (χ3n) is 2.86. The van der Waals surface area contributed by atoms with Gasteiger partial charge in [-0.2, -0.15) is 0 Å². The van der Waals surface area contributed by atoms with Gasteiger partial charge in [-0.15, -0.1) is 0 Å². The maximum Gasteiger partial charge on any atom is 0.123 e. The van der Waals surface area contributed by atoms with Gasteiger partial charge in [0.2, 0.25) is 0 Å². The van der Waals surface area contributed by atoms with Crippen LogP contribution in [-0.2, 0) is 25.2 Å². The first kappa shape index (κ1) is 24.1. The van der Waals surface area contributed by atoms with Crippen LogP contribution in [0.25, 0.3) is 0 Å². The first-order valence-electron chi connectivity index (χ1n) is 9.10. The van der Waals surface area contributed by atoms with E-state index < -0.39 is 0 Å². The minimum absolute atomic E-state index is 0.215. The van der Waals surface area contributed by atoms with E-state index in [0.717, 1.165) is 18.4 Å². The Morgan fingerprint density at radius 1 is 0.720 bits per heavy atom. The van der Waals surface area contributed by atoms with Crippen molar-refractivity contribution in [2.45, 2.75) is 92.0 Å². The van der Waals surface area contributed by atoms with Gasteiger partial charge in [0, 0.05) is 0 Å². The summed E-state index contributed by atoms with van der Waals surface area (Å²) in [6.45, 7) is 18.5. The second kappa shape index (κ2) is 10.9. The zero-order chi connectivity index (χ0) is 19.6. The van der Waals surface area contributed by atoms with Crippen LogP contribution in [-0.4, -0.2) is 17.8 Å². The molecule has 1 aromatic rings. The average Bonchev–Trinajstić information content (AvgIpc) is 2.50. The Hall–Kier alpha value is -0.940. The van der Waals surface area contributed by atoms with Crippen LogP contribution in [0.3, 0.4) is 0 Å². The maximum absolute atomic E-state index is 5.42. The Kier molecular flexibility index (Phi) is 10.5. The van der Waals surface area contributed by atoms with Crippen LogP contribution in [0.15, 0.2) is 30.3 Å². The lowest BCUT2D eigenvalue weighted by Crippen LogP contribution is -2.27. The molecule has 0 bridgehead atoms. The van der Waals surface area contributed by atoms with Crippen LogP contribution in [0.4, 0.5) is 0 Å². The Morgan fingerprint density at radius 3 is 1.60 bits per heavy atom. The summed E-state index contributed by atoms with van der Waals surface area (Å²) in [5.74, 6) is 0. The van der Waals surface area contributed by atoms with Crippen molar-refractivity contribution in [2.75, 3.05) is 6.61 Å². The molecule has 0 radical (unpaired) electrons. The molecule has 1 aromatic carbocycles. The molecular weight excluding hydrogens is 316 g/mol. The SMILES string of the molecule is CC(C)(C)OOC(C)(C)C.CCCCOOC(C)(C)c1ccccc1. The first-order valence-corrected chi connectivity index (χ1v) is 9.10. The van der Waals surface area contributed by atoms with Crippen molar-refractivity contribution in [1.29, 1.82) is 0 Å². The van der Waals surface area contributed by atoms with Crippen molar-refractivity contribution in [3.63, 3.8) is 0 Å². The Labute approximate surface area is 154 Å². The lowest BCUT2D eigenvalue weighted by Gasteiger charge is -2.24. The fourth-order valence-corrected chi connectivity index (χ4v) is 1.53. The molecule has 0 saturated carbocycles. The second-order valence-corrected chi connectivity index (χ2v) is 8.53. The number of hydrogen-bond donors (Lipinski definition) is 0. The largest absolute Gasteiger partial charge is 0.236 e.